The van der Waals surface area contributed by atoms with Gasteiger partial charge in [0.1, 0.15) is 35.1 Å². The van der Waals surface area contributed by atoms with E-state index in [9.17, 15) is 0 Å². The van der Waals surface area contributed by atoms with Crippen LogP contribution in [0.4, 0.5) is 6.01 Å². The van der Waals surface area contributed by atoms with Crippen molar-refractivity contribution in [2.75, 3.05) is 51.8 Å². The summed E-state index contributed by atoms with van der Waals surface area (Å²) in [6.45, 7) is 9.55. The summed E-state index contributed by atoms with van der Waals surface area (Å²) in [5.74, 6) is 1.27. The van der Waals surface area contributed by atoms with Crippen molar-refractivity contribution in [3.05, 3.63) is 29.5 Å². The zero-order valence-electron chi connectivity index (χ0n) is 18.1. The van der Waals surface area contributed by atoms with Crippen LogP contribution in [0, 0.1) is 0 Å². The summed E-state index contributed by atoms with van der Waals surface area (Å²) in [6.07, 6.45) is 1.57. The van der Waals surface area contributed by atoms with Gasteiger partial charge in [-0.15, -0.1) is 0 Å². The highest BCUT2D eigenvalue weighted by molar-refractivity contribution is 6.36. The topological polar surface area (TPSA) is 84.7 Å². The number of methoxy groups -OCH3 is 1. The molecule has 0 amide bonds. The lowest BCUT2D eigenvalue weighted by Crippen LogP contribution is -2.44. The molecule has 1 aromatic carbocycles. The number of halogens is 1. The molecule has 1 aliphatic rings. The van der Waals surface area contributed by atoms with Crippen LogP contribution < -0.4 is 20.1 Å². The predicted octanol–water partition coefficient (Wildman–Crippen LogP) is 3.66. The molecule has 0 bridgehead atoms. The van der Waals surface area contributed by atoms with Crippen molar-refractivity contribution < 1.29 is 13.9 Å². The van der Waals surface area contributed by atoms with E-state index in [0.29, 0.717) is 46.0 Å². The second-order valence-electron chi connectivity index (χ2n) is 7.76. The summed E-state index contributed by atoms with van der Waals surface area (Å²) in [5.41, 5.74) is 1.83. The maximum atomic E-state index is 6.70. The number of hydrogen-bond acceptors (Lipinski definition) is 8. The number of rotatable bonds is 8. The average Bonchev–Trinajstić information content (AvgIpc) is 3.23. The molecule has 0 saturated carbocycles. The van der Waals surface area contributed by atoms with Crippen LogP contribution in [0.3, 0.4) is 0 Å². The van der Waals surface area contributed by atoms with E-state index >= 15 is 0 Å². The van der Waals surface area contributed by atoms with E-state index < -0.39 is 0 Å². The van der Waals surface area contributed by atoms with Gasteiger partial charge in [0.15, 0.2) is 0 Å². The lowest BCUT2D eigenvalue weighted by atomic mass is 10.1. The molecule has 0 radical (unpaired) electrons. The molecule has 31 heavy (non-hydrogen) atoms. The molecule has 0 spiro atoms. The molecule has 0 aliphatic carbocycles. The van der Waals surface area contributed by atoms with E-state index in [1.165, 1.54) is 0 Å². The second-order valence-corrected chi connectivity index (χ2v) is 8.14. The van der Waals surface area contributed by atoms with E-state index in [-0.39, 0.29) is 6.04 Å². The average molecular weight is 446 g/mol. The number of anilines is 1. The van der Waals surface area contributed by atoms with Crippen LogP contribution in [-0.2, 0) is 0 Å². The number of hydrogen-bond donors (Lipinski definition) is 2. The fraction of sp³-hybridized carbons (Fsp3) is 0.455. The van der Waals surface area contributed by atoms with E-state index in [2.05, 4.69) is 20.5 Å². The van der Waals surface area contributed by atoms with Gasteiger partial charge in [0.25, 0.3) is 6.01 Å². The highest BCUT2D eigenvalue weighted by atomic mass is 35.5. The standard InChI is InChI=1S/C22H28ClN5O3/c1-14(2)25-22-27-17(13-31-22)16-12-19(29-3)15-4-5-18(20(23)21(15)26-16)30-11-10-28-8-6-24-7-9-28/h4-5,12-14,24H,6-11H2,1-3H3,(H,25,27). The van der Waals surface area contributed by atoms with Gasteiger partial charge in [-0.05, 0) is 26.0 Å². The van der Waals surface area contributed by atoms with E-state index in [4.69, 9.17) is 30.5 Å². The van der Waals surface area contributed by atoms with Gasteiger partial charge in [0.2, 0.25) is 0 Å². The first-order valence-electron chi connectivity index (χ1n) is 10.5. The molecule has 1 saturated heterocycles. The minimum absolute atomic E-state index is 0.209. The normalized spacial score (nSPS) is 14.9. The van der Waals surface area contributed by atoms with Gasteiger partial charge in [-0.1, -0.05) is 11.6 Å². The number of fused-ring (bicyclic) bond motifs is 1. The number of nitrogens with one attached hydrogen (secondary N) is 2. The lowest BCUT2D eigenvalue weighted by molar-refractivity contribution is 0.191. The van der Waals surface area contributed by atoms with Crippen molar-refractivity contribution in [2.24, 2.45) is 0 Å². The number of pyridine rings is 1. The van der Waals surface area contributed by atoms with Crippen LogP contribution in [-0.4, -0.2) is 67.4 Å². The highest BCUT2D eigenvalue weighted by Gasteiger charge is 2.17. The number of piperazine rings is 1. The number of oxazole rings is 1. The van der Waals surface area contributed by atoms with Crippen LogP contribution in [0.25, 0.3) is 22.3 Å². The van der Waals surface area contributed by atoms with E-state index in [0.717, 1.165) is 38.1 Å². The van der Waals surface area contributed by atoms with Gasteiger partial charge in [-0.3, -0.25) is 4.90 Å². The number of nitrogens with zero attached hydrogens (tertiary/aromatic N) is 3. The molecule has 3 aromatic rings. The fourth-order valence-electron chi connectivity index (χ4n) is 3.54. The Bertz CT molecular complexity index is 1030. The quantitative estimate of drug-likeness (QED) is 0.543. The SMILES string of the molecule is COc1cc(-c2coc(NC(C)C)n2)nc2c(Cl)c(OCCN3CCNCC3)ccc12. The van der Waals surface area contributed by atoms with Gasteiger partial charge in [0, 0.05) is 50.2 Å². The Hall–Kier alpha value is -2.55. The molecule has 166 valence electrons. The van der Waals surface area contributed by atoms with Crippen LogP contribution >= 0.6 is 11.6 Å². The molecule has 9 heteroatoms. The van der Waals surface area contributed by atoms with Crippen molar-refractivity contribution in [2.45, 2.75) is 19.9 Å². The van der Waals surface area contributed by atoms with Crippen molar-refractivity contribution in [3.63, 3.8) is 0 Å². The van der Waals surface area contributed by atoms with Crippen molar-refractivity contribution in [1.29, 1.82) is 0 Å². The monoisotopic (exact) mass is 445 g/mol. The summed E-state index contributed by atoms with van der Waals surface area (Å²) >= 11 is 6.70. The highest BCUT2D eigenvalue weighted by Crippen LogP contribution is 2.38. The Morgan fingerprint density at radius 2 is 2.00 bits per heavy atom. The first-order chi connectivity index (χ1) is 15.0. The summed E-state index contributed by atoms with van der Waals surface area (Å²) in [7, 11) is 1.62. The Morgan fingerprint density at radius 3 is 2.74 bits per heavy atom. The third-order valence-electron chi connectivity index (χ3n) is 5.12. The zero-order valence-corrected chi connectivity index (χ0v) is 18.8. The molecule has 1 fully saturated rings. The van der Waals surface area contributed by atoms with Gasteiger partial charge in [-0.2, -0.15) is 4.98 Å². The molecule has 1 aliphatic heterocycles. The maximum absolute atomic E-state index is 6.70. The minimum atomic E-state index is 0.209. The molecular formula is C22H28ClN5O3. The molecule has 8 nitrogen and oxygen atoms in total. The van der Waals surface area contributed by atoms with E-state index in [1.807, 2.05) is 32.0 Å². The molecular weight excluding hydrogens is 418 g/mol. The zero-order chi connectivity index (χ0) is 21.8. The van der Waals surface area contributed by atoms with E-state index in [1.54, 1.807) is 13.4 Å². The van der Waals surface area contributed by atoms with Crippen molar-refractivity contribution in [1.82, 2.24) is 20.2 Å². The van der Waals surface area contributed by atoms with Gasteiger partial charge < -0.3 is 24.5 Å². The minimum Gasteiger partial charge on any atom is -0.496 e. The first kappa shape index (κ1) is 21.7. The smallest absolute Gasteiger partial charge is 0.295 e. The summed E-state index contributed by atoms with van der Waals surface area (Å²) in [5, 5.41) is 7.77. The van der Waals surface area contributed by atoms with Crippen molar-refractivity contribution in [3.8, 4) is 22.9 Å². The lowest BCUT2D eigenvalue weighted by Gasteiger charge is -2.27. The number of ether oxygens (including phenoxy) is 2. The molecule has 0 unspecified atom stereocenters. The number of aromatic nitrogens is 2. The fourth-order valence-corrected chi connectivity index (χ4v) is 3.81. The Morgan fingerprint density at radius 1 is 1.19 bits per heavy atom. The second kappa shape index (κ2) is 9.72. The number of benzene rings is 1. The predicted molar refractivity (Wildman–Crippen MR) is 122 cm³/mol. The molecule has 4 rings (SSSR count). The Labute approximate surface area is 186 Å². The van der Waals surface area contributed by atoms with Crippen LogP contribution in [0.15, 0.2) is 28.9 Å². The maximum Gasteiger partial charge on any atom is 0.295 e. The molecule has 2 N–H and O–H groups in total. The molecule has 3 heterocycles. The van der Waals surface area contributed by atoms with Crippen LogP contribution in [0.2, 0.25) is 5.02 Å². The third-order valence-corrected chi connectivity index (χ3v) is 5.48. The van der Waals surface area contributed by atoms with Crippen LogP contribution in [0.5, 0.6) is 11.5 Å². The Balaban J connectivity index is 1.59. The van der Waals surface area contributed by atoms with Gasteiger partial charge >= 0.3 is 0 Å². The summed E-state index contributed by atoms with van der Waals surface area (Å²) in [4.78, 5) is 11.6. The summed E-state index contributed by atoms with van der Waals surface area (Å²) in [6, 6.07) is 6.28. The largest absolute Gasteiger partial charge is 0.496 e. The first-order valence-corrected chi connectivity index (χ1v) is 10.9. The third kappa shape index (κ3) is 5.03. The van der Waals surface area contributed by atoms with Gasteiger partial charge in [-0.25, -0.2) is 4.98 Å². The molecule has 0 atom stereocenters. The van der Waals surface area contributed by atoms with Crippen molar-refractivity contribution >= 4 is 28.5 Å². The Kier molecular flexibility index (Phi) is 6.80. The summed E-state index contributed by atoms with van der Waals surface area (Å²) < 4.78 is 17.1. The van der Waals surface area contributed by atoms with Gasteiger partial charge in [0.05, 0.1) is 18.3 Å². The van der Waals surface area contributed by atoms with Crippen LogP contribution in [0.1, 0.15) is 13.8 Å². The molecule has 2 aromatic heterocycles.